The molecule has 0 unspecified atom stereocenters. The third kappa shape index (κ3) is 8.52. The van der Waals surface area contributed by atoms with Crippen molar-refractivity contribution in [2.24, 2.45) is 5.73 Å². The van der Waals surface area contributed by atoms with Crippen molar-refractivity contribution in [1.82, 2.24) is 5.32 Å². The first-order valence-corrected chi connectivity index (χ1v) is 6.38. The smallest absolute Gasteiger partial charge is 0.0205 e. The minimum absolute atomic E-state index is 0.770. The molecule has 0 heterocycles. The third-order valence-corrected chi connectivity index (χ3v) is 2.30. The average molecular weight is 234 g/mol. The van der Waals surface area contributed by atoms with Crippen LogP contribution in [0, 0.1) is 6.92 Å². The number of benzene rings is 1. The van der Waals surface area contributed by atoms with Gasteiger partial charge in [-0.3, -0.25) is 0 Å². The summed E-state index contributed by atoms with van der Waals surface area (Å²) < 4.78 is 0. The molecule has 0 aliphatic rings. The molecule has 1 aromatic carbocycles. The van der Waals surface area contributed by atoms with Gasteiger partial charge in [-0.2, -0.15) is 0 Å². The van der Waals surface area contributed by atoms with Crippen LogP contribution in [0.3, 0.4) is 0 Å². The lowest BCUT2D eigenvalue weighted by atomic mass is 10.1. The van der Waals surface area contributed by atoms with Gasteiger partial charge in [-0.25, -0.2) is 0 Å². The van der Waals surface area contributed by atoms with Crippen molar-refractivity contribution in [3.8, 4) is 0 Å². The van der Waals surface area contributed by atoms with E-state index in [0.29, 0.717) is 0 Å². The molecule has 0 fully saturated rings. The van der Waals surface area contributed by atoms with Gasteiger partial charge in [0.25, 0.3) is 0 Å². The summed E-state index contributed by atoms with van der Waals surface area (Å²) in [4.78, 5) is 0. The first-order valence-electron chi connectivity index (χ1n) is 6.38. The van der Waals surface area contributed by atoms with Crippen LogP contribution in [0.25, 0.3) is 0 Å². The summed E-state index contributed by atoms with van der Waals surface area (Å²) in [6.45, 7) is 11.7. The number of nitrogens with one attached hydrogen (secondary N) is 1. The monoisotopic (exact) mass is 234 g/mol. The molecule has 0 bridgehead atoms. The molecular formula is C15H26N2. The molecule has 0 aliphatic heterocycles. The Kier molecular flexibility index (Phi) is 9.17. The molecule has 2 heteroatoms. The standard InChI is InChI=1S/C13H20N2.C2H6/c1-11-5-7-13(8-6-11)10-15-9-3-4-12(2)14;1-2/h5-8,15H,2-4,9-10,14H2,1H3;1-2H3. The van der Waals surface area contributed by atoms with Crippen LogP contribution < -0.4 is 11.1 Å². The van der Waals surface area contributed by atoms with E-state index in [0.717, 1.165) is 31.6 Å². The number of aryl methyl sites for hydroxylation is 1. The third-order valence-electron chi connectivity index (χ3n) is 2.30. The second-order valence-corrected chi connectivity index (χ2v) is 3.92. The van der Waals surface area contributed by atoms with Crippen molar-refractivity contribution in [1.29, 1.82) is 0 Å². The lowest BCUT2D eigenvalue weighted by Gasteiger charge is -2.05. The maximum Gasteiger partial charge on any atom is 0.0205 e. The summed E-state index contributed by atoms with van der Waals surface area (Å²) in [5, 5.41) is 3.38. The van der Waals surface area contributed by atoms with E-state index in [2.05, 4.69) is 43.1 Å². The molecule has 0 amide bonds. The quantitative estimate of drug-likeness (QED) is 0.741. The summed E-state index contributed by atoms with van der Waals surface area (Å²) >= 11 is 0. The zero-order valence-electron chi connectivity index (χ0n) is 11.4. The van der Waals surface area contributed by atoms with Crippen molar-refractivity contribution in [3.05, 3.63) is 47.7 Å². The van der Waals surface area contributed by atoms with E-state index in [1.807, 2.05) is 13.8 Å². The lowest BCUT2D eigenvalue weighted by molar-refractivity contribution is 0.646. The van der Waals surface area contributed by atoms with E-state index >= 15 is 0 Å². The van der Waals surface area contributed by atoms with Crippen LogP contribution in [-0.4, -0.2) is 6.54 Å². The zero-order valence-corrected chi connectivity index (χ0v) is 11.4. The molecule has 17 heavy (non-hydrogen) atoms. The van der Waals surface area contributed by atoms with Crippen LogP contribution in [0.2, 0.25) is 0 Å². The fourth-order valence-electron chi connectivity index (χ4n) is 1.38. The van der Waals surface area contributed by atoms with Crippen LogP contribution in [0.4, 0.5) is 0 Å². The van der Waals surface area contributed by atoms with E-state index in [9.17, 15) is 0 Å². The van der Waals surface area contributed by atoms with Gasteiger partial charge < -0.3 is 11.1 Å². The fourth-order valence-corrected chi connectivity index (χ4v) is 1.38. The average Bonchev–Trinajstić information content (AvgIpc) is 2.33. The molecule has 0 atom stereocenters. The predicted octanol–water partition coefficient (Wildman–Crippen LogP) is 3.36. The van der Waals surface area contributed by atoms with Gasteiger partial charge in [0.05, 0.1) is 0 Å². The molecule has 1 aromatic rings. The molecule has 0 radical (unpaired) electrons. The number of hydrogen-bond acceptors (Lipinski definition) is 2. The second-order valence-electron chi connectivity index (χ2n) is 3.92. The van der Waals surface area contributed by atoms with Crippen LogP contribution in [0.15, 0.2) is 36.5 Å². The Labute approximate surface area is 106 Å². The van der Waals surface area contributed by atoms with Crippen LogP contribution in [0.5, 0.6) is 0 Å². The molecule has 1 rings (SSSR count). The summed E-state index contributed by atoms with van der Waals surface area (Å²) in [7, 11) is 0. The SMILES string of the molecule is C=C(N)CCCNCc1ccc(C)cc1.CC. The number of nitrogens with two attached hydrogens (primary N) is 1. The summed E-state index contributed by atoms with van der Waals surface area (Å²) in [5.74, 6) is 0. The first-order chi connectivity index (χ1) is 8.18. The van der Waals surface area contributed by atoms with E-state index in [1.165, 1.54) is 11.1 Å². The predicted molar refractivity (Wildman–Crippen MR) is 76.8 cm³/mol. The molecule has 96 valence electrons. The first kappa shape index (κ1) is 15.7. The molecule has 0 spiro atoms. The molecule has 3 N–H and O–H groups in total. The fraction of sp³-hybridized carbons (Fsp3) is 0.467. The molecule has 0 aromatic heterocycles. The van der Waals surface area contributed by atoms with Crippen molar-refractivity contribution in [2.45, 2.75) is 40.2 Å². The largest absolute Gasteiger partial charge is 0.403 e. The Morgan fingerprint density at radius 3 is 2.35 bits per heavy atom. The highest BCUT2D eigenvalue weighted by atomic mass is 14.8. The van der Waals surface area contributed by atoms with Gasteiger partial charge in [0, 0.05) is 12.2 Å². The number of hydrogen-bond donors (Lipinski definition) is 2. The van der Waals surface area contributed by atoms with Gasteiger partial charge in [-0.05, 0) is 31.9 Å². The van der Waals surface area contributed by atoms with Gasteiger partial charge in [0.1, 0.15) is 0 Å². The number of rotatable bonds is 6. The van der Waals surface area contributed by atoms with Crippen molar-refractivity contribution >= 4 is 0 Å². The van der Waals surface area contributed by atoms with Gasteiger partial charge in [0.15, 0.2) is 0 Å². The van der Waals surface area contributed by atoms with E-state index in [1.54, 1.807) is 0 Å². The summed E-state index contributed by atoms with van der Waals surface area (Å²) in [6.07, 6.45) is 1.96. The maximum atomic E-state index is 5.48. The maximum absolute atomic E-state index is 5.48. The van der Waals surface area contributed by atoms with Crippen LogP contribution in [-0.2, 0) is 6.54 Å². The molecule has 0 saturated heterocycles. The Hall–Kier alpha value is -1.28. The summed E-state index contributed by atoms with van der Waals surface area (Å²) in [5.41, 5.74) is 8.88. The molecular weight excluding hydrogens is 208 g/mol. The summed E-state index contributed by atoms with van der Waals surface area (Å²) in [6, 6.07) is 8.59. The normalized spacial score (nSPS) is 9.35. The van der Waals surface area contributed by atoms with Crippen molar-refractivity contribution in [3.63, 3.8) is 0 Å². The topological polar surface area (TPSA) is 38.0 Å². The number of allylic oxidation sites excluding steroid dienone is 1. The Balaban J connectivity index is 0.00000121. The lowest BCUT2D eigenvalue weighted by Crippen LogP contribution is -2.15. The Morgan fingerprint density at radius 2 is 1.82 bits per heavy atom. The highest BCUT2D eigenvalue weighted by Gasteiger charge is 1.92. The van der Waals surface area contributed by atoms with Gasteiger partial charge >= 0.3 is 0 Å². The highest BCUT2D eigenvalue weighted by Crippen LogP contribution is 2.02. The van der Waals surface area contributed by atoms with Gasteiger partial charge in [0.2, 0.25) is 0 Å². The second kappa shape index (κ2) is 9.91. The van der Waals surface area contributed by atoms with Crippen molar-refractivity contribution < 1.29 is 0 Å². The molecule has 2 nitrogen and oxygen atoms in total. The molecule has 0 aliphatic carbocycles. The van der Waals surface area contributed by atoms with Crippen LogP contribution in [0.1, 0.15) is 37.8 Å². The van der Waals surface area contributed by atoms with Crippen LogP contribution >= 0.6 is 0 Å². The van der Waals surface area contributed by atoms with E-state index < -0.39 is 0 Å². The van der Waals surface area contributed by atoms with Gasteiger partial charge in [-0.15, -0.1) is 0 Å². The zero-order chi connectivity index (χ0) is 13.1. The highest BCUT2D eigenvalue weighted by molar-refractivity contribution is 5.20. The van der Waals surface area contributed by atoms with Crippen molar-refractivity contribution in [2.75, 3.05) is 6.54 Å². The Bertz CT molecular complexity index is 301. The Morgan fingerprint density at radius 1 is 1.24 bits per heavy atom. The van der Waals surface area contributed by atoms with Gasteiger partial charge in [-0.1, -0.05) is 50.3 Å². The minimum Gasteiger partial charge on any atom is -0.403 e. The molecule has 0 saturated carbocycles. The van der Waals surface area contributed by atoms with E-state index in [-0.39, 0.29) is 0 Å². The van der Waals surface area contributed by atoms with E-state index in [4.69, 9.17) is 5.73 Å². The minimum atomic E-state index is 0.770.